The van der Waals surface area contributed by atoms with Gasteiger partial charge in [0, 0.05) is 12.0 Å². The number of para-hydroxylation sites is 2. The van der Waals surface area contributed by atoms with Crippen molar-refractivity contribution in [1.82, 2.24) is 15.2 Å². The summed E-state index contributed by atoms with van der Waals surface area (Å²) >= 11 is 1.36. The monoisotopic (exact) mass is 438 g/mol. The summed E-state index contributed by atoms with van der Waals surface area (Å²) < 4.78 is 17.5. The lowest BCUT2D eigenvalue weighted by molar-refractivity contribution is -0.120. The maximum Gasteiger partial charge on any atom is 0.247 e. The molecule has 1 aromatic heterocycles. The number of fused-ring (bicyclic) bond motifs is 3. The molecule has 3 aromatic rings. The summed E-state index contributed by atoms with van der Waals surface area (Å²) in [7, 11) is 3.12. The number of aromatic nitrogens is 3. The molecule has 0 radical (unpaired) electrons. The van der Waals surface area contributed by atoms with Crippen LogP contribution in [0.1, 0.15) is 25.1 Å². The molecule has 4 rings (SSSR count). The van der Waals surface area contributed by atoms with Crippen LogP contribution in [0.25, 0.3) is 11.3 Å². The molecule has 160 valence electrons. The predicted molar refractivity (Wildman–Crippen MR) is 118 cm³/mol. The number of nitrogens with zero attached hydrogens (tertiary/aromatic N) is 4. The number of hydrogen-bond acceptors (Lipinski definition) is 8. The fourth-order valence-corrected chi connectivity index (χ4v) is 3.85. The van der Waals surface area contributed by atoms with Gasteiger partial charge in [-0.05, 0) is 24.5 Å². The Hall–Kier alpha value is -3.33. The third-order valence-electron chi connectivity index (χ3n) is 4.96. The summed E-state index contributed by atoms with van der Waals surface area (Å²) in [5, 5.41) is 9.01. The number of methoxy groups -OCH3 is 2. The number of hydrogen-bond donors (Lipinski definition) is 0. The molecule has 0 bridgehead atoms. The van der Waals surface area contributed by atoms with E-state index in [4.69, 9.17) is 14.2 Å². The first-order valence-electron chi connectivity index (χ1n) is 9.70. The fraction of sp³-hybridized carbons (Fsp3) is 0.273. The summed E-state index contributed by atoms with van der Waals surface area (Å²) in [5.74, 6) is 1.20. The predicted octanol–water partition coefficient (Wildman–Crippen LogP) is 4.11. The van der Waals surface area contributed by atoms with Crippen molar-refractivity contribution in [3.05, 3.63) is 48.0 Å². The van der Waals surface area contributed by atoms with E-state index in [0.717, 1.165) is 5.56 Å². The van der Waals surface area contributed by atoms with E-state index in [0.29, 0.717) is 39.5 Å². The van der Waals surface area contributed by atoms with E-state index in [1.807, 2.05) is 49.6 Å². The number of anilines is 1. The van der Waals surface area contributed by atoms with Crippen LogP contribution in [0.15, 0.2) is 47.6 Å². The van der Waals surface area contributed by atoms with Crippen LogP contribution < -0.4 is 19.1 Å². The van der Waals surface area contributed by atoms with E-state index in [1.165, 1.54) is 11.8 Å². The van der Waals surface area contributed by atoms with Gasteiger partial charge in [-0.25, -0.2) is 0 Å². The molecule has 0 saturated carbocycles. The maximum absolute atomic E-state index is 13.2. The molecular weight excluding hydrogens is 416 g/mol. The lowest BCUT2D eigenvalue weighted by atomic mass is 10.1. The highest BCUT2D eigenvalue weighted by Crippen LogP contribution is 2.46. The molecule has 2 heterocycles. The Kier molecular flexibility index (Phi) is 5.94. The largest absolute Gasteiger partial charge is 0.493 e. The SMILES string of the molecule is CCC(=O)N1c2ccccc2-c2nnc(SC)nc2O[C@@H]1c1cccc(OC)c1OC. The topological polar surface area (TPSA) is 86.7 Å². The molecule has 0 aliphatic carbocycles. The van der Waals surface area contributed by atoms with Crippen LogP contribution in [0.5, 0.6) is 17.4 Å². The Morgan fingerprint density at radius 3 is 2.65 bits per heavy atom. The van der Waals surface area contributed by atoms with E-state index >= 15 is 0 Å². The molecule has 1 amide bonds. The minimum Gasteiger partial charge on any atom is -0.493 e. The number of ether oxygens (including phenoxy) is 3. The molecule has 0 saturated heterocycles. The zero-order valence-electron chi connectivity index (χ0n) is 17.7. The van der Waals surface area contributed by atoms with Crippen molar-refractivity contribution in [3.63, 3.8) is 0 Å². The Labute approximate surface area is 184 Å². The molecular formula is C22H22N4O4S. The van der Waals surface area contributed by atoms with Gasteiger partial charge in [-0.1, -0.05) is 43.0 Å². The average Bonchev–Trinajstić information content (AvgIpc) is 2.97. The van der Waals surface area contributed by atoms with E-state index < -0.39 is 6.23 Å². The standard InChI is InChI=1S/C22H22N4O4S/c1-5-17(27)26-15-11-7-6-9-13(15)18-20(23-22(31-4)25-24-18)30-21(26)14-10-8-12-16(28-2)19(14)29-3/h6-12,21H,5H2,1-4H3/t21-/m1/s1. The number of thioether (sulfide) groups is 1. The number of carbonyl (C=O) groups excluding carboxylic acids is 1. The molecule has 2 aromatic carbocycles. The van der Waals surface area contributed by atoms with Gasteiger partial charge >= 0.3 is 0 Å². The average molecular weight is 439 g/mol. The quantitative estimate of drug-likeness (QED) is 0.550. The van der Waals surface area contributed by atoms with Gasteiger partial charge in [-0.3, -0.25) is 9.69 Å². The molecule has 1 aliphatic heterocycles. The number of amides is 1. The van der Waals surface area contributed by atoms with Crippen molar-refractivity contribution >= 4 is 23.4 Å². The number of rotatable bonds is 5. The summed E-state index contributed by atoms with van der Waals surface area (Å²) in [6.07, 6.45) is 1.31. The highest BCUT2D eigenvalue weighted by Gasteiger charge is 2.37. The van der Waals surface area contributed by atoms with Crippen molar-refractivity contribution in [1.29, 1.82) is 0 Å². The van der Waals surface area contributed by atoms with Crippen LogP contribution >= 0.6 is 11.8 Å². The Balaban J connectivity index is 2.01. The summed E-state index contributed by atoms with van der Waals surface area (Å²) in [4.78, 5) is 19.4. The minimum atomic E-state index is -0.841. The molecule has 0 spiro atoms. The number of carbonyl (C=O) groups is 1. The van der Waals surface area contributed by atoms with E-state index in [2.05, 4.69) is 15.2 Å². The highest BCUT2D eigenvalue weighted by atomic mass is 32.2. The third-order valence-corrected chi connectivity index (χ3v) is 5.50. The Morgan fingerprint density at radius 2 is 1.94 bits per heavy atom. The van der Waals surface area contributed by atoms with Gasteiger partial charge in [0.1, 0.15) is 0 Å². The smallest absolute Gasteiger partial charge is 0.247 e. The zero-order valence-corrected chi connectivity index (χ0v) is 18.5. The molecule has 1 atom stereocenters. The lowest BCUT2D eigenvalue weighted by Gasteiger charge is -2.31. The second-order valence-corrected chi connectivity index (χ2v) is 7.41. The van der Waals surface area contributed by atoms with E-state index in [9.17, 15) is 4.79 Å². The Morgan fingerprint density at radius 1 is 1.13 bits per heavy atom. The van der Waals surface area contributed by atoms with Crippen LogP contribution in [-0.4, -0.2) is 41.6 Å². The summed E-state index contributed by atoms with van der Waals surface area (Å²) in [5.41, 5.74) is 2.49. The van der Waals surface area contributed by atoms with Gasteiger partial charge in [0.15, 0.2) is 17.2 Å². The molecule has 0 unspecified atom stereocenters. The summed E-state index contributed by atoms with van der Waals surface area (Å²) in [6, 6.07) is 13.0. The van der Waals surface area contributed by atoms with Crippen molar-refractivity contribution in [2.75, 3.05) is 25.4 Å². The second kappa shape index (κ2) is 8.81. The van der Waals surface area contributed by atoms with E-state index in [1.54, 1.807) is 25.2 Å². The van der Waals surface area contributed by atoms with Gasteiger partial charge in [0.05, 0.1) is 25.5 Å². The van der Waals surface area contributed by atoms with Crippen molar-refractivity contribution < 1.29 is 19.0 Å². The van der Waals surface area contributed by atoms with Crippen LogP contribution in [0, 0.1) is 0 Å². The van der Waals surface area contributed by atoms with Crippen molar-refractivity contribution in [2.24, 2.45) is 0 Å². The van der Waals surface area contributed by atoms with E-state index in [-0.39, 0.29) is 12.3 Å². The van der Waals surface area contributed by atoms with Gasteiger partial charge < -0.3 is 14.2 Å². The highest BCUT2D eigenvalue weighted by molar-refractivity contribution is 7.98. The fourth-order valence-electron chi connectivity index (χ4n) is 3.55. The molecule has 8 nitrogen and oxygen atoms in total. The minimum absolute atomic E-state index is 0.117. The molecule has 9 heteroatoms. The second-order valence-electron chi connectivity index (χ2n) is 6.64. The van der Waals surface area contributed by atoms with Crippen molar-refractivity contribution in [2.45, 2.75) is 24.7 Å². The lowest BCUT2D eigenvalue weighted by Crippen LogP contribution is -2.37. The van der Waals surface area contributed by atoms with Crippen LogP contribution in [-0.2, 0) is 4.79 Å². The number of benzene rings is 2. The van der Waals surface area contributed by atoms with Gasteiger partial charge in [0.25, 0.3) is 0 Å². The van der Waals surface area contributed by atoms with Gasteiger partial charge in [-0.2, -0.15) is 4.98 Å². The molecule has 0 N–H and O–H groups in total. The van der Waals surface area contributed by atoms with Crippen LogP contribution in [0.4, 0.5) is 5.69 Å². The van der Waals surface area contributed by atoms with Crippen LogP contribution in [0.2, 0.25) is 0 Å². The van der Waals surface area contributed by atoms with Crippen LogP contribution in [0.3, 0.4) is 0 Å². The zero-order chi connectivity index (χ0) is 22.0. The van der Waals surface area contributed by atoms with Gasteiger partial charge in [0.2, 0.25) is 23.2 Å². The van der Waals surface area contributed by atoms with Gasteiger partial charge in [-0.15, -0.1) is 10.2 Å². The maximum atomic E-state index is 13.2. The summed E-state index contributed by atoms with van der Waals surface area (Å²) in [6.45, 7) is 1.81. The first-order chi connectivity index (χ1) is 15.1. The molecule has 1 aliphatic rings. The van der Waals surface area contributed by atoms with Crippen molar-refractivity contribution in [3.8, 4) is 28.6 Å². The Bertz CT molecular complexity index is 1120. The third kappa shape index (κ3) is 3.65. The first kappa shape index (κ1) is 20.9. The molecule has 31 heavy (non-hydrogen) atoms. The first-order valence-corrected chi connectivity index (χ1v) is 10.9. The molecule has 0 fully saturated rings. The normalized spacial score (nSPS) is 14.7.